The molecular weight excluding hydrogens is 328 g/mol. The summed E-state index contributed by atoms with van der Waals surface area (Å²) in [6, 6.07) is 0. The van der Waals surface area contributed by atoms with Gasteiger partial charge in [0, 0.05) is 7.11 Å². The van der Waals surface area contributed by atoms with Gasteiger partial charge in [-0.2, -0.15) is 35.1 Å². The summed E-state index contributed by atoms with van der Waals surface area (Å²) in [5.74, 6) is -13.5. The van der Waals surface area contributed by atoms with Gasteiger partial charge in [0.1, 0.15) is 0 Å². The minimum Gasteiger partial charge on any atom is -0.341 e. The fraction of sp³-hybridized carbons (Fsp3) is 1.00. The molecule has 1 atom stereocenters. The van der Waals surface area contributed by atoms with Gasteiger partial charge in [0.25, 0.3) is 0 Å². The Kier molecular flexibility index (Phi) is 4.63. The Balaban J connectivity index is 6.43. The Hall–Kier alpha value is -0.880. The van der Waals surface area contributed by atoms with E-state index in [9.17, 15) is 52.7 Å². The van der Waals surface area contributed by atoms with Gasteiger partial charge in [-0.05, 0) is 0 Å². The Morgan fingerprint density at radius 3 is 1.15 bits per heavy atom. The van der Waals surface area contributed by atoms with E-state index in [-0.39, 0.29) is 0 Å². The van der Waals surface area contributed by atoms with E-state index in [1.165, 1.54) is 0 Å². The third kappa shape index (κ3) is 2.29. The smallest absolute Gasteiger partial charge is 0.341 e. The van der Waals surface area contributed by atoms with Gasteiger partial charge in [-0.25, -0.2) is 17.6 Å². The van der Waals surface area contributed by atoms with Gasteiger partial charge in [-0.3, -0.25) is 0 Å². The summed E-state index contributed by atoms with van der Waals surface area (Å²) < 4.78 is 151. The van der Waals surface area contributed by atoms with Crippen LogP contribution in [0.4, 0.5) is 52.7 Å². The first-order valence-corrected chi connectivity index (χ1v) is 4.23. The molecule has 0 N–H and O–H groups in total. The molecule has 0 saturated carbocycles. The Bertz CT molecular complexity index is 329. The maximum atomic E-state index is 13.3. The Morgan fingerprint density at radius 1 is 0.700 bits per heavy atom. The second kappa shape index (κ2) is 4.84. The zero-order valence-corrected chi connectivity index (χ0v) is 9.02. The third-order valence-corrected chi connectivity index (χ3v) is 2.21. The minimum absolute atomic E-state index is 0.540. The van der Waals surface area contributed by atoms with Gasteiger partial charge in [0.2, 0.25) is 0 Å². The van der Waals surface area contributed by atoms with Gasteiger partial charge in [-0.1, -0.05) is 0 Å². The first-order valence-electron chi connectivity index (χ1n) is 4.23. The molecule has 0 saturated heterocycles. The van der Waals surface area contributed by atoms with Crippen LogP contribution in [0, 0.1) is 0 Å². The standard InChI is InChI=1S/C7H4F12O/c1-20-5(13,3(10,11)2(8)9)4(12,6(14,15)16)7(17,18)19/h2H,1H3. The molecule has 0 rings (SSSR count). The molecule has 0 amide bonds. The van der Waals surface area contributed by atoms with Crippen molar-refractivity contribution in [2.24, 2.45) is 0 Å². The molecule has 0 aromatic rings. The predicted octanol–water partition coefficient (Wildman–Crippen LogP) is 4.03. The molecule has 1 nitrogen and oxygen atoms in total. The Morgan fingerprint density at radius 2 is 1.00 bits per heavy atom. The van der Waals surface area contributed by atoms with Crippen LogP contribution >= 0.6 is 0 Å². The van der Waals surface area contributed by atoms with Crippen molar-refractivity contribution < 1.29 is 57.4 Å². The number of hydrogen-bond acceptors (Lipinski definition) is 1. The summed E-state index contributed by atoms with van der Waals surface area (Å²) in [4.78, 5) is 0. The summed E-state index contributed by atoms with van der Waals surface area (Å²) >= 11 is 0. The molecule has 122 valence electrons. The lowest BCUT2D eigenvalue weighted by molar-refractivity contribution is -0.456. The van der Waals surface area contributed by atoms with Gasteiger partial charge in [-0.15, -0.1) is 0 Å². The van der Waals surface area contributed by atoms with Crippen molar-refractivity contribution in [3.05, 3.63) is 0 Å². The summed E-state index contributed by atoms with van der Waals surface area (Å²) in [5.41, 5.74) is -7.37. The molecule has 0 spiro atoms. The molecule has 20 heavy (non-hydrogen) atoms. The van der Waals surface area contributed by atoms with Crippen LogP contribution in [0.5, 0.6) is 0 Å². The molecular formula is C7H4F12O. The molecule has 0 aliphatic rings. The predicted molar refractivity (Wildman–Crippen MR) is 37.7 cm³/mol. The van der Waals surface area contributed by atoms with Crippen molar-refractivity contribution in [3.63, 3.8) is 0 Å². The van der Waals surface area contributed by atoms with Crippen molar-refractivity contribution in [1.29, 1.82) is 0 Å². The van der Waals surface area contributed by atoms with Crippen molar-refractivity contribution in [2.45, 2.75) is 36.2 Å². The maximum Gasteiger partial charge on any atom is 0.437 e. The van der Waals surface area contributed by atoms with E-state index in [0.29, 0.717) is 0 Å². The molecule has 0 bridgehead atoms. The topological polar surface area (TPSA) is 9.23 Å². The van der Waals surface area contributed by atoms with Crippen molar-refractivity contribution in [1.82, 2.24) is 0 Å². The van der Waals surface area contributed by atoms with E-state index in [1.807, 2.05) is 0 Å². The van der Waals surface area contributed by atoms with E-state index >= 15 is 0 Å². The van der Waals surface area contributed by atoms with E-state index in [4.69, 9.17) is 0 Å². The van der Waals surface area contributed by atoms with Crippen LogP contribution in [0.25, 0.3) is 0 Å². The van der Waals surface area contributed by atoms with Crippen LogP contribution in [0.3, 0.4) is 0 Å². The number of rotatable bonds is 4. The average molecular weight is 332 g/mol. The molecule has 0 radical (unpaired) electrons. The average Bonchev–Trinajstić information content (AvgIpc) is 2.22. The van der Waals surface area contributed by atoms with Crippen LogP contribution in [-0.4, -0.2) is 43.3 Å². The highest BCUT2D eigenvalue weighted by molar-refractivity contribution is 5.12. The number of ether oxygens (including phenoxy) is 1. The first kappa shape index (κ1) is 19.1. The molecule has 0 heterocycles. The SMILES string of the molecule is COC(F)(C(F)(F)C(F)F)C(F)(C(F)(F)F)C(F)(F)F. The normalized spacial score (nSPS) is 18.3. The quantitative estimate of drug-likeness (QED) is 0.707. The Labute approximate surface area is 102 Å². The molecule has 0 aromatic carbocycles. The fourth-order valence-corrected chi connectivity index (χ4v) is 1.17. The summed E-state index contributed by atoms with van der Waals surface area (Å²) in [5, 5.41) is 0. The first-order chi connectivity index (χ1) is 8.50. The molecule has 1 unspecified atom stereocenters. The van der Waals surface area contributed by atoms with Gasteiger partial charge < -0.3 is 4.74 Å². The number of hydrogen-bond donors (Lipinski definition) is 0. The van der Waals surface area contributed by atoms with E-state index in [1.54, 1.807) is 0 Å². The zero-order valence-electron chi connectivity index (χ0n) is 9.02. The lowest BCUT2D eigenvalue weighted by Crippen LogP contribution is -2.74. The lowest BCUT2D eigenvalue weighted by atomic mass is 9.89. The monoisotopic (exact) mass is 332 g/mol. The maximum absolute atomic E-state index is 13.3. The van der Waals surface area contributed by atoms with Crippen molar-refractivity contribution in [3.8, 4) is 0 Å². The summed E-state index contributed by atoms with van der Waals surface area (Å²) in [6.45, 7) is 0. The minimum atomic E-state index is -7.37. The van der Waals surface area contributed by atoms with Crippen LogP contribution in [-0.2, 0) is 4.74 Å². The summed E-state index contributed by atoms with van der Waals surface area (Å²) in [6.07, 6.45) is -20.1. The van der Waals surface area contributed by atoms with Crippen LogP contribution in [0.1, 0.15) is 0 Å². The zero-order chi connectivity index (χ0) is 16.8. The molecule has 0 aliphatic carbocycles. The van der Waals surface area contributed by atoms with Crippen molar-refractivity contribution >= 4 is 0 Å². The van der Waals surface area contributed by atoms with Crippen LogP contribution in [0.15, 0.2) is 0 Å². The van der Waals surface area contributed by atoms with E-state index in [2.05, 4.69) is 4.74 Å². The molecule has 0 fully saturated rings. The van der Waals surface area contributed by atoms with Gasteiger partial charge in [0.15, 0.2) is 0 Å². The lowest BCUT2D eigenvalue weighted by Gasteiger charge is -2.42. The van der Waals surface area contributed by atoms with Crippen LogP contribution < -0.4 is 0 Å². The van der Waals surface area contributed by atoms with E-state index in [0.717, 1.165) is 0 Å². The number of methoxy groups -OCH3 is 1. The fourth-order valence-electron chi connectivity index (χ4n) is 1.17. The highest BCUT2D eigenvalue weighted by atomic mass is 19.4. The molecule has 0 aromatic heterocycles. The van der Waals surface area contributed by atoms with E-state index < -0.39 is 43.3 Å². The molecule has 0 aliphatic heterocycles. The largest absolute Gasteiger partial charge is 0.437 e. The second-order valence-corrected chi connectivity index (χ2v) is 3.38. The highest BCUT2D eigenvalue weighted by Crippen LogP contribution is 2.59. The summed E-state index contributed by atoms with van der Waals surface area (Å²) in [7, 11) is -0.540. The van der Waals surface area contributed by atoms with Crippen molar-refractivity contribution in [2.75, 3.05) is 7.11 Å². The highest BCUT2D eigenvalue weighted by Gasteiger charge is 2.91. The third-order valence-electron chi connectivity index (χ3n) is 2.21. The molecule has 13 heteroatoms. The van der Waals surface area contributed by atoms with Gasteiger partial charge >= 0.3 is 36.2 Å². The second-order valence-electron chi connectivity index (χ2n) is 3.38. The number of alkyl halides is 12. The number of halogens is 12. The van der Waals surface area contributed by atoms with Crippen LogP contribution in [0.2, 0.25) is 0 Å². The van der Waals surface area contributed by atoms with Gasteiger partial charge in [0.05, 0.1) is 0 Å².